The van der Waals surface area contributed by atoms with Crippen LogP contribution < -0.4 is 5.43 Å². The summed E-state index contributed by atoms with van der Waals surface area (Å²) in [6, 6.07) is 11.5. The first-order chi connectivity index (χ1) is 13.1. The Morgan fingerprint density at radius 1 is 1.15 bits per heavy atom. The molecule has 27 heavy (non-hydrogen) atoms. The number of aromatic hydroxyl groups is 1. The van der Waals surface area contributed by atoms with Crippen LogP contribution >= 0.6 is 0 Å². The normalized spacial score (nSPS) is 12.2. The maximum Gasteiger partial charge on any atom is 0.223 e. The maximum atomic E-state index is 11.6. The van der Waals surface area contributed by atoms with Crippen molar-refractivity contribution in [3.63, 3.8) is 0 Å². The monoisotopic (exact) mass is 366 g/mol. The number of unbranched alkanes of at least 4 members (excludes halogenated alkanes) is 2. The lowest BCUT2D eigenvalue weighted by molar-refractivity contribution is 0.346. The molecule has 1 aromatic carbocycles. The molecule has 1 atom stereocenters. The molecule has 0 saturated heterocycles. The highest BCUT2D eigenvalue weighted by Crippen LogP contribution is 2.23. The fraction of sp³-hybridized carbons (Fsp3) is 0.381. The predicted octanol–water partition coefficient (Wildman–Crippen LogP) is 3.94. The van der Waals surface area contributed by atoms with E-state index >= 15 is 0 Å². The Labute approximate surface area is 159 Å². The molecule has 0 amide bonds. The molecule has 6 heteroatoms. The molecule has 2 heterocycles. The lowest BCUT2D eigenvalue weighted by Gasteiger charge is -2.20. The number of benzene rings is 1. The Hall–Kier alpha value is -2.89. The summed E-state index contributed by atoms with van der Waals surface area (Å²) in [5, 5.41) is 18.7. The van der Waals surface area contributed by atoms with Crippen molar-refractivity contribution < 1.29 is 5.11 Å². The average molecular weight is 366 g/mol. The van der Waals surface area contributed by atoms with Gasteiger partial charge in [-0.3, -0.25) is 4.79 Å². The summed E-state index contributed by atoms with van der Waals surface area (Å²) >= 11 is 0. The second-order valence-electron chi connectivity index (χ2n) is 6.87. The molecule has 0 aliphatic carbocycles. The maximum absolute atomic E-state index is 11.6. The minimum absolute atomic E-state index is 0.0992. The van der Waals surface area contributed by atoms with Crippen LogP contribution in [-0.4, -0.2) is 24.7 Å². The molecular weight excluding hydrogens is 340 g/mol. The summed E-state index contributed by atoms with van der Waals surface area (Å²) in [6.07, 6.45) is 8.07. The van der Waals surface area contributed by atoms with Gasteiger partial charge in [0.25, 0.3) is 0 Å². The van der Waals surface area contributed by atoms with Crippen LogP contribution in [0.4, 0.5) is 0 Å². The van der Waals surface area contributed by atoms with Crippen molar-refractivity contribution >= 4 is 0 Å². The van der Waals surface area contributed by atoms with Crippen LogP contribution in [0.5, 0.6) is 5.75 Å². The molecule has 1 unspecified atom stereocenters. The van der Waals surface area contributed by atoms with E-state index in [1.807, 2.05) is 45.8 Å². The van der Waals surface area contributed by atoms with E-state index in [1.54, 1.807) is 13.1 Å². The number of nitrogens with zero attached hydrogens (tertiary/aromatic N) is 4. The number of hydrogen-bond acceptors (Lipinski definition) is 4. The smallest absolute Gasteiger partial charge is 0.223 e. The molecule has 0 spiro atoms. The Kier molecular flexibility index (Phi) is 6.06. The second-order valence-corrected chi connectivity index (χ2v) is 6.87. The van der Waals surface area contributed by atoms with Gasteiger partial charge in [-0.05, 0) is 13.3 Å². The van der Waals surface area contributed by atoms with Crippen LogP contribution in [0.1, 0.15) is 44.3 Å². The van der Waals surface area contributed by atoms with E-state index < -0.39 is 0 Å². The zero-order chi connectivity index (χ0) is 19.2. The topological polar surface area (TPSA) is 72.9 Å². The highest BCUT2D eigenvalue weighted by atomic mass is 16.3. The van der Waals surface area contributed by atoms with Crippen LogP contribution in [0, 0.1) is 6.92 Å². The Morgan fingerprint density at radius 2 is 1.93 bits per heavy atom. The standard InChI is InChI=1S/C21H26N4O2/c1-3-4-6-11-18(14-24-13-12-20(26)21(27)16(24)2)25-15-19(22-23-25)17-9-7-5-8-10-17/h5,7-10,12-13,15,18,27H,3-4,6,11,14H2,1-2H3. The van der Waals surface area contributed by atoms with Gasteiger partial charge in [-0.15, -0.1) is 5.10 Å². The summed E-state index contributed by atoms with van der Waals surface area (Å²) in [7, 11) is 0. The van der Waals surface area contributed by atoms with Crippen LogP contribution in [0.25, 0.3) is 11.3 Å². The van der Waals surface area contributed by atoms with Crippen molar-refractivity contribution in [2.45, 2.75) is 52.1 Å². The van der Waals surface area contributed by atoms with Gasteiger partial charge in [0.1, 0.15) is 5.69 Å². The highest BCUT2D eigenvalue weighted by molar-refractivity contribution is 5.57. The van der Waals surface area contributed by atoms with Gasteiger partial charge in [-0.1, -0.05) is 61.7 Å². The summed E-state index contributed by atoms with van der Waals surface area (Å²) in [5.41, 5.74) is 2.11. The van der Waals surface area contributed by atoms with Crippen molar-refractivity contribution in [1.82, 2.24) is 19.6 Å². The van der Waals surface area contributed by atoms with E-state index in [9.17, 15) is 9.90 Å². The molecule has 142 valence electrons. The molecule has 0 aliphatic rings. The molecule has 3 rings (SSSR count). The number of rotatable bonds is 8. The molecular formula is C21H26N4O2. The van der Waals surface area contributed by atoms with E-state index in [0.717, 1.165) is 36.9 Å². The van der Waals surface area contributed by atoms with Crippen LogP contribution in [0.2, 0.25) is 0 Å². The number of hydrogen-bond donors (Lipinski definition) is 1. The van der Waals surface area contributed by atoms with Gasteiger partial charge >= 0.3 is 0 Å². The van der Waals surface area contributed by atoms with E-state index in [-0.39, 0.29) is 17.2 Å². The van der Waals surface area contributed by atoms with Gasteiger partial charge in [0.15, 0.2) is 5.75 Å². The lowest BCUT2D eigenvalue weighted by Crippen LogP contribution is -2.20. The zero-order valence-electron chi connectivity index (χ0n) is 15.9. The minimum atomic E-state index is -0.349. The molecule has 1 N–H and O–H groups in total. The first-order valence-corrected chi connectivity index (χ1v) is 9.46. The van der Waals surface area contributed by atoms with Crippen LogP contribution in [0.15, 0.2) is 53.6 Å². The Morgan fingerprint density at radius 3 is 2.67 bits per heavy atom. The van der Waals surface area contributed by atoms with E-state index in [4.69, 9.17) is 0 Å². The fourth-order valence-electron chi connectivity index (χ4n) is 3.22. The van der Waals surface area contributed by atoms with Crippen molar-refractivity contribution in [1.29, 1.82) is 0 Å². The molecule has 0 saturated carbocycles. The van der Waals surface area contributed by atoms with Crippen molar-refractivity contribution in [2.75, 3.05) is 0 Å². The lowest BCUT2D eigenvalue weighted by atomic mass is 10.1. The second kappa shape index (κ2) is 8.66. The van der Waals surface area contributed by atoms with E-state index in [1.165, 1.54) is 6.07 Å². The van der Waals surface area contributed by atoms with Crippen molar-refractivity contribution in [3.05, 3.63) is 64.7 Å². The summed E-state index contributed by atoms with van der Waals surface area (Å²) in [4.78, 5) is 11.6. The van der Waals surface area contributed by atoms with Crippen molar-refractivity contribution in [3.8, 4) is 17.0 Å². The molecule has 6 nitrogen and oxygen atoms in total. The molecule has 0 bridgehead atoms. The third-order valence-electron chi connectivity index (χ3n) is 4.92. The van der Waals surface area contributed by atoms with Gasteiger partial charge in [-0.2, -0.15) is 0 Å². The Bertz CT molecular complexity index is 931. The summed E-state index contributed by atoms with van der Waals surface area (Å²) in [5.74, 6) is -0.187. The van der Waals surface area contributed by atoms with Gasteiger partial charge in [0, 0.05) is 24.4 Å². The summed E-state index contributed by atoms with van der Waals surface area (Å²) in [6.45, 7) is 4.57. The van der Waals surface area contributed by atoms with Crippen molar-refractivity contribution in [2.24, 2.45) is 0 Å². The number of aromatic nitrogens is 4. The summed E-state index contributed by atoms with van der Waals surface area (Å²) < 4.78 is 3.82. The van der Waals surface area contributed by atoms with Crippen LogP contribution in [-0.2, 0) is 6.54 Å². The van der Waals surface area contributed by atoms with Gasteiger partial charge in [0.05, 0.1) is 17.9 Å². The van der Waals surface area contributed by atoms with Gasteiger partial charge in [0.2, 0.25) is 5.43 Å². The largest absolute Gasteiger partial charge is 0.503 e. The third-order valence-corrected chi connectivity index (χ3v) is 4.92. The fourth-order valence-corrected chi connectivity index (χ4v) is 3.22. The quantitative estimate of drug-likeness (QED) is 0.613. The van der Waals surface area contributed by atoms with Gasteiger partial charge < -0.3 is 9.67 Å². The molecule has 3 aromatic rings. The third kappa shape index (κ3) is 4.45. The predicted molar refractivity (Wildman–Crippen MR) is 106 cm³/mol. The first-order valence-electron chi connectivity index (χ1n) is 9.46. The van der Waals surface area contributed by atoms with E-state index in [2.05, 4.69) is 17.2 Å². The van der Waals surface area contributed by atoms with Crippen LogP contribution in [0.3, 0.4) is 0 Å². The minimum Gasteiger partial charge on any atom is -0.503 e. The number of pyridine rings is 1. The Balaban J connectivity index is 1.87. The molecule has 2 aromatic heterocycles. The van der Waals surface area contributed by atoms with E-state index in [0.29, 0.717) is 12.2 Å². The molecule has 0 radical (unpaired) electrons. The first kappa shape index (κ1) is 18.9. The highest BCUT2D eigenvalue weighted by Gasteiger charge is 2.16. The molecule has 0 aliphatic heterocycles. The zero-order valence-corrected chi connectivity index (χ0v) is 15.9. The molecule has 0 fully saturated rings. The SMILES string of the molecule is CCCCCC(Cn1ccc(=O)c(O)c1C)n1cc(-c2ccccc2)nn1. The average Bonchev–Trinajstić information content (AvgIpc) is 3.18. The van der Waals surface area contributed by atoms with Gasteiger partial charge in [-0.25, -0.2) is 4.68 Å².